The minimum absolute atomic E-state index is 0.339. The van der Waals surface area contributed by atoms with E-state index in [1.54, 1.807) is 12.4 Å². The Morgan fingerprint density at radius 2 is 2.40 bits per heavy atom. The van der Waals surface area contributed by atoms with E-state index in [-0.39, 0.29) is 5.97 Å². The van der Waals surface area contributed by atoms with E-state index in [1.165, 1.54) is 7.11 Å². The van der Waals surface area contributed by atoms with Crippen molar-refractivity contribution in [2.24, 2.45) is 0 Å². The van der Waals surface area contributed by atoms with Gasteiger partial charge in [0.25, 0.3) is 0 Å². The van der Waals surface area contributed by atoms with Crippen LogP contribution < -0.4 is 0 Å². The summed E-state index contributed by atoms with van der Waals surface area (Å²) >= 11 is 3.34. The normalized spacial score (nSPS) is 10.5. The number of hydrogen-bond acceptors (Lipinski definition) is 3. The third-order valence-electron chi connectivity index (χ3n) is 2.19. The number of rotatable bonds is 2. The summed E-state index contributed by atoms with van der Waals surface area (Å²) in [5, 5.41) is 0.604. The summed E-state index contributed by atoms with van der Waals surface area (Å²) in [4.78, 5) is 18.6. The van der Waals surface area contributed by atoms with Gasteiger partial charge in [0.05, 0.1) is 30.0 Å². The molecule has 4 nitrogen and oxygen atoms in total. The lowest BCUT2D eigenvalue weighted by molar-refractivity contribution is 0.0600. The van der Waals surface area contributed by atoms with E-state index in [2.05, 4.69) is 25.9 Å². The number of esters is 1. The van der Waals surface area contributed by atoms with E-state index in [1.807, 2.05) is 6.07 Å². The Labute approximate surface area is 94.8 Å². The molecule has 78 valence electrons. The molecule has 5 heteroatoms. The molecule has 1 heterocycles. The highest BCUT2D eigenvalue weighted by Gasteiger charge is 2.13. The first-order valence-electron chi connectivity index (χ1n) is 4.36. The first kappa shape index (κ1) is 10.2. The fourth-order valence-electron chi connectivity index (χ4n) is 1.44. The van der Waals surface area contributed by atoms with Gasteiger partial charge in [-0.2, -0.15) is 0 Å². The second-order valence-corrected chi connectivity index (χ2v) is 3.61. The second kappa shape index (κ2) is 4.02. The third-order valence-corrected chi connectivity index (χ3v) is 2.80. The van der Waals surface area contributed by atoms with Gasteiger partial charge in [0.1, 0.15) is 0 Å². The van der Waals surface area contributed by atoms with Crippen molar-refractivity contribution in [2.75, 3.05) is 7.11 Å². The molecule has 0 fully saturated rings. The van der Waals surface area contributed by atoms with Gasteiger partial charge in [0.15, 0.2) is 0 Å². The zero-order valence-electron chi connectivity index (χ0n) is 8.08. The van der Waals surface area contributed by atoms with Crippen LogP contribution >= 0.6 is 15.9 Å². The molecular weight excluding hydrogens is 260 g/mol. The van der Waals surface area contributed by atoms with Crippen LogP contribution in [0.5, 0.6) is 0 Å². The predicted octanol–water partition coefficient (Wildman–Crippen LogP) is 2.24. The lowest BCUT2D eigenvalue weighted by atomic mass is 10.1. The van der Waals surface area contributed by atoms with Gasteiger partial charge >= 0.3 is 5.97 Å². The smallest absolute Gasteiger partial charge is 0.338 e. The number of benzene rings is 1. The molecule has 1 aromatic heterocycles. The molecule has 0 aliphatic heterocycles. The van der Waals surface area contributed by atoms with Crippen molar-refractivity contribution >= 4 is 32.9 Å². The van der Waals surface area contributed by atoms with Crippen LogP contribution in [0.25, 0.3) is 11.0 Å². The van der Waals surface area contributed by atoms with Gasteiger partial charge in [-0.05, 0) is 17.7 Å². The first-order chi connectivity index (χ1) is 7.26. The number of halogens is 1. The average Bonchev–Trinajstić information content (AvgIpc) is 2.73. The van der Waals surface area contributed by atoms with E-state index in [9.17, 15) is 4.79 Å². The van der Waals surface area contributed by atoms with Crippen molar-refractivity contribution in [1.29, 1.82) is 0 Å². The van der Waals surface area contributed by atoms with Gasteiger partial charge in [0.2, 0.25) is 0 Å². The van der Waals surface area contributed by atoms with Gasteiger partial charge in [-0.15, -0.1) is 0 Å². The molecule has 0 saturated carbocycles. The van der Waals surface area contributed by atoms with Gasteiger partial charge in [-0.25, -0.2) is 9.78 Å². The lowest BCUT2D eigenvalue weighted by Crippen LogP contribution is -2.04. The monoisotopic (exact) mass is 268 g/mol. The molecule has 1 N–H and O–H groups in total. The Bertz CT molecular complexity index is 507. The highest BCUT2D eigenvalue weighted by molar-refractivity contribution is 9.08. The Hall–Kier alpha value is -1.36. The quantitative estimate of drug-likeness (QED) is 0.672. The molecule has 0 amide bonds. The summed E-state index contributed by atoms with van der Waals surface area (Å²) in [6.45, 7) is 0. The molecule has 2 rings (SSSR count). The number of H-pyrrole nitrogens is 1. The maximum absolute atomic E-state index is 11.5. The molecule has 0 radical (unpaired) electrons. The molecule has 0 unspecified atom stereocenters. The molecule has 0 saturated heterocycles. The second-order valence-electron chi connectivity index (χ2n) is 3.05. The van der Waals surface area contributed by atoms with Crippen LogP contribution in [-0.2, 0) is 10.1 Å². The summed E-state index contributed by atoms with van der Waals surface area (Å²) in [5.74, 6) is -0.339. The zero-order valence-corrected chi connectivity index (χ0v) is 9.67. The number of carbonyl (C=O) groups excluding carboxylic acids is 1. The minimum Gasteiger partial charge on any atom is -0.465 e. The van der Waals surface area contributed by atoms with Crippen LogP contribution in [0, 0.1) is 0 Å². The Morgan fingerprint density at radius 1 is 1.60 bits per heavy atom. The summed E-state index contributed by atoms with van der Waals surface area (Å²) in [5.41, 5.74) is 3.12. The Balaban J connectivity index is 2.64. The first-order valence-corrected chi connectivity index (χ1v) is 5.48. The summed E-state index contributed by atoms with van der Waals surface area (Å²) in [6, 6.07) is 3.62. The standard InChI is InChI=1S/C10H9BrN2O2/c1-15-10(14)7-3-9-8(12-5-13-9)2-6(7)4-11/h2-3,5H,4H2,1H3,(H,12,13). The van der Waals surface area contributed by atoms with Crippen molar-refractivity contribution in [1.82, 2.24) is 9.97 Å². The number of nitrogens with one attached hydrogen (secondary N) is 1. The number of carbonyl (C=O) groups is 1. The molecule has 0 spiro atoms. The molecule has 0 aliphatic rings. The average molecular weight is 269 g/mol. The number of fused-ring (bicyclic) bond motifs is 1. The van der Waals surface area contributed by atoms with E-state index >= 15 is 0 Å². The lowest BCUT2D eigenvalue weighted by Gasteiger charge is -2.04. The molecule has 0 aliphatic carbocycles. The minimum atomic E-state index is -0.339. The number of nitrogens with zero attached hydrogens (tertiary/aromatic N) is 1. The van der Waals surface area contributed by atoms with E-state index < -0.39 is 0 Å². The third kappa shape index (κ3) is 1.74. The molecular formula is C10H9BrN2O2. The van der Waals surface area contributed by atoms with Crippen molar-refractivity contribution < 1.29 is 9.53 Å². The van der Waals surface area contributed by atoms with Crippen LogP contribution in [0.1, 0.15) is 15.9 Å². The maximum atomic E-state index is 11.5. The number of aromatic nitrogens is 2. The summed E-state index contributed by atoms with van der Waals surface area (Å²) in [7, 11) is 1.37. The fourth-order valence-corrected chi connectivity index (χ4v) is 1.90. The summed E-state index contributed by atoms with van der Waals surface area (Å²) in [6.07, 6.45) is 1.60. The largest absolute Gasteiger partial charge is 0.465 e. The van der Waals surface area contributed by atoms with Crippen LogP contribution in [-0.4, -0.2) is 23.0 Å². The number of alkyl halides is 1. The number of methoxy groups -OCH3 is 1. The number of ether oxygens (including phenoxy) is 1. The molecule has 2 aromatic rings. The van der Waals surface area contributed by atoms with Crippen LogP contribution in [0.3, 0.4) is 0 Å². The molecule has 0 bridgehead atoms. The van der Waals surface area contributed by atoms with Crippen molar-refractivity contribution in [2.45, 2.75) is 5.33 Å². The maximum Gasteiger partial charge on any atom is 0.338 e. The Morgan fingerprint density at radius 3 is 3.07 bits per heavy atom. The van der Waals surface area contributed by atoms with Crippen LogP contribution in [0.15, 0.2) is 18.5 Å². The highest BCUT2D eigenvalue weighted by Crippen LogP contribution is 2.20. The van der Waals surface area contributed by atoms with Crippen molar-refractivity contribution in [3.05, 3.63) is 29.6 Å². The molecule has 0 atom stereocenters. The van der Waals surface area contributed by atoms with Crippen molar-refractivity contribution in [3.63, 3.8) is 0 Å². The van der Waals surface area contributed by atoms with Crippen LogP contribution in [0.4, 0.5) is 0 Å². The highest BCUT2D eigenvalue weighted by atomic mass is 79.9. The van der Waals surface area contributed by atoms with Crippen molar-refractivity contribution in [3.8, 4) is 0 Å². The van der Waals surface area contributed by atoms with Gasteiger partial charge in [0, 0.05) is 5.33 Å². The van der Waals surface area contributed by atoms with Gasteiger partial charge < -0.3 is 9.72 Å². The number of hydrogen-bond donors (Lipinski definition) is 1. The Kier molecular flexibility index (Phi) is 2.73. The number of aromatic amines is 1. The zero-order chi connectivity index (χ0) is 10.8. The predicted molar refractivity (Wildman–Crippen MR) is 60.1 cm³/mol. The van der Waals surface area contributed by atoms with E-state index in [0.29, 0.717) is 10.9 Å². The topological polar surface area (TPSA) is 55.0 Å². The summed E-state index contributed by atoms with van der Waals surface area (Å²) < 4.78 is 4.71. The number of imidazole rings is 1. The van der Waals surface area contributed by atoms with Crippen LogP contribution in [0.2, 0.25) is 0 Å². The van der Waals surface area contributed by atoms with Gasteiger partial charge in [-0.1, -0.05) is 15.9 Å². The van der Waals surface area contributed by atoms with E-state index in [0.717, 1.165) is 16.6 Å². The molecule has 15 heavy (non-hydrogen) atoms. The van der Waals surface area contributed by atoms with E-state index in [4.69, 9.17) is 4.74 Å². The SMILES string of the molecule is COC(=O)c1cc2nc[nH]c2cc1CBr. The van der Waals surface area contributed by atoms with Gasteiger partial charge in [-0.3, -0.25) is 0 Å². The molecule has 1 aromatic carbocycles. The fraction of sp³-hybridized carbons (Fsp3) is 0.200.